The zero-order valence-corrected chi connectivity index (χ0v) is 15.7. The van der Waals surface area contributed by atoms with Crippen LogP contribution in [0.3, 0.4) is 0 Å². The predicted molar refractivity (Wildman–Crippen MR) is 106 cm³/mol. The average molecular weight is 355 g/mol. The standard InChI is InChI=1S/C20H30N6/c1-21-20(23-10-14-26-13-9-22-17-26)24-15-18-5-7-19(8-6-18)16-25-11-3-2-4-12-25/h5-9,13,17H,2-4,10-12,14-16H2,1H3,(H2,21,23,24). The van der Waals surface area contributed by atoms with Gasteiger partial charge in [0.25, 0.3) is 0 Å². The van der Waals surface area contributed by atoms with Gasteiger partial charge in [-0.2, -0.15) is 0 Å². The normalized spacial score (nSPS) is 15.8. The number of hydrogen-bond donors (Lipinski definition) is 2. The molecule has 1 aromatic carbocycles. The molecule has 1 saturated heterocycles. The molecule has 0 atom stereocenters. The Bertz CT molecular complexity index is 656. The van der Waals surface area contributed by atoms with Crippen LogP contribution in [0.15, 0.2) is 48.0 Å². The number of aromatic nitrogens is 2. The van der Waals surface area contributed by atoms with E-state index in [4.69, 9.17) is 0 Å². The summed E-state index contributed by atoms with van der Waals surface area (Å²) in [5.41, 5.74) is 2.67. The van der Waals surface area contributed by atoms with Crippen LogP contribution in [0.5, 0.6) is 0 Å². The molecule has 6 nitrogen and oxygen atoms in total. The number of hydrogen-bond acceptors (Lipinski definition) is 3. The third-order valence-corrected chi connectivity index (χ3v) is 4.78. The highest BCUT2D eigenvalue weighted by Gasteiger charge is 2.10. The van der Waals surface area contributed by atoms with Crippen LogP contribution in [0.4, 0.5) is 0 Å². The summed E-state index contributed by atoms with van der Waals surface area (Å²) in [7, 11) is 1.80. The van der Waals surface area contributed by atoms with Gasteiger partial charge in [-0.25, -0.2) is 4.98 Å². The molecule has 0 bridgehead atoms. The summed E-state index contributed by atoms with van der Waals surface area (Å²) in [6, 6.07) is 8.93. The van der Waals surface area contributed by atoms with Gasteiger partial charge in [0.2, 0.25) is 0 Å². The summed E-state index contributed by atoms with van der Waals surface area (Å²) < 4.78 is 2.04. The second kappa shape index (κ2) is 9.97. The van der Waals surface area contributed by atoms with Crippen molar-refractivity contribution in [3.63, 3.8) is 0 Å². The maximum absolute atomic E-state index is 4.28. The Morgan fingerprint density at radius 2 is 1.85 bits per heavy atom. The van der Waals surface area contributed by atoms with Crippen LogP contribution in [0.1, 0.15) is 30.4 Å². The van der Waals surface area contributed by atoms with E-state index in [1.54, 1.807) is 13.2 Å². The quantitative estimate of drug-likeness (QED) is 0.591. The highest BCUT2D eigenvalue weighted by Crippen LogP contribution is 2.13. The molecule has 1 aliphatic heterocycles. The lowest BCUT2D eigenvalue weighted by molar-refractivity contribution is 0.221. The Labute approximate surface area is 156 Å². The minimum Gasteiger partial charge on any atom is -0.355 e. The van der Waals surface area contributed by atoms with Crippen LogP contribution in [-0.2, 0) is 19.6 Å². The van der Waals surface area contributed by atoms with Crippen molar-refractivity contribution in [1.29, 1.82) is 0 Å². The Kier molecular flexibility index (Phi) is 7.07. The summed E-state index contributed by atoms with van der Waals surface area (Å²) in [6.45, 7) is 6.01. The molecule has 0 spiro atoms. The first kappa shape index (κ1) is 18.5. The molecule has 0 saturated carbocycles. The molecule has 0 amide bonds. The number of rotatable bonds is 7. The summed E-state index contributed by atoms with van der Waals surface area (Å²) in [5, 5.41) is 6.70. The number of piperidine rings is 1. The van der Waals surface area contributed by atoms with E-state index in [1.807, 2.05) is 17.1 Å². The molecule has 2 aromatic rings. The summed E-state index contributed by atoms with van der Waals surface area (Å²) in [6.07, 6.45) is 9.65. The lowest BCUT2D eigenvalue weighted by Crippen LogP contribution is -2.38. The highest BCUT2D eigenvalue weighted by atomic mass is 15.2. The molecule has 6 heteroatoms. The molecule has 0 aliphatic carbocycles. The molecule has 26 heavy (non-hydrogen) atoms. The first-order chi connectivity index (χ1) is 12.8. The first-order valence-corrected chi connectivity index (χ1v) is 9.54. The van der Waals surface area contributed by atoms with E-state index in [1.165, 1.54) is 43.5 Å². The SMILES string of the molecule is CN=C(NCCn1ccnc1)NCc1ccc(CN2CCCCC2)cc1. The lowest BCUT2D eigenvalue weighted by Gasteiger charge is -2.26. The molecular weight excluding hydrogens is 324 g/mol. The van der Waals surface area contributed by atoms with Gasteiger partial charge in [-0.1, -0.05) is 30.7 Å². The Balaban J connectivity index is 1.39. The maximum Gasteiger partial charge on any atom is 0.191 e. The fourth-order valence-corrected chi connectivity index (χ4v) is 3.27. The number of likely N-dealkylation sites (tertiary alicyclic amines) is 1. The molecule has 2 N–H and O–H groups in total. The molecule has 1 aromatic heterocycles. The van der Waals surface area contributed by atoms with Gasteiger partial charge in [-0.05, 0) is 37.1 Å². The van der Waals surface area contributed by atoms with Gasteiger partial charge in [0.15, 0.2) is 5.96 Å². The predicted octanol–water partition coefficient (Wildman–Crippen LogP) is 2.23. The summed E-state index contributed by atoms with van der Waals surface area (Å²) >= 11 is 0. The van der Waals surface area contributed by atoms with Crippen LogP contribution in [0.25, 0.3) is 0 Å². The molecular formula is C20H30N6. The first-order valence-electron chi connectivity index (χ1n) is 9.54. The molecule has 140 valence electrons. The zero-order chi connectivity index (χ0) is 18.0. The van der Waals surface area contributed by atoms with Crippen LogP contribution in [0.2, 0.25) is 0 Å². The number of guanidine groups is 1. The van der Waals surface area contributed by atoms with Gasteiger partial charge < -0.3 is 15.2 Å². The Morgan fingerprint density at radius 3 is 2.54 bits per heavy atom. The van der Waals surface area contributed by atoms with Crippen molar-refractivity contribution in [2.45, 2.75) is 38.9 Å². The fraction of sp³-hybridized carbons (Fsp3) is 0.500. The molecule has 1 fully saturated rings. The van der Waals surface area contributed by atoms with Crippen molar-refractivity contribution in [3.8, 4) is 0 Å². The number of nitrogens with one attached hydrogen (secondary N) is 2. The third kappa shape index (κ3) is 5.88. The molecule has 0 radical (unpaired) electrons. The van der Waals surface area contributed by atoms with Crippen LogP contribution in [0, 0.1) is 0 Å². The zero-order valence-electron chi connectivity index (χ0n) is 15.7. The average Bonchev–Trinajstić information content (AvgIpc) is 3.20. The fourth-order valence-electron chi connectivity index (χ4n) is 3.27. The number of aliphatic imine (C=N–C) groups is 1. The highest BCUT2D eigenvalue weighted by molar-refractivity contribution is 5.79. The monoisotopic (exact) mass is 354 g/mol. The molecule has 2 heterocycles. The van der Waals surface area contributed by atoms with Crippen LogP contribution < -0.4 is 10.6 Å². The van der Waals surface area contributed by atoms with Crippen molar-refractivity contribution in [1.82, 2.24) is 25.1 Å². The maximum atomic E-state index is 4.28. The van der Waals surface area contributed by atoms with Gasteiger partial charge in [-0.3, -0.25) is 9.89 Å². The van der Waals surface area contributed by atoms with Crippen molar-refractivity contribution >= 4 is 5.96 Å². The van der Waals surface area contributed by atoms with Gasteiger partial charge >= 0.3 is 0 Å². The topological polar surface area (TPSA) is 57.5 Å². The van der Waals surface area contributed by atoms with Crippen molar-refractivity contribution in [2.75, 3.05) is 26.7 Å². The second-order valence-corrected chi connectivity index (χ2v) is 6.81. The van der Waals surface area contributed by atoms with Crippen molar-refractivity contribution in [3.05, 3.63) is 54.1 Å². The molecule has 3 rings (SSSR count). The van der Waals surface area contributed by atoms with E-state index < -0.39 is 0 Å². The van der Waals surface area contributed by atoms with E-state index in [2.05, 4.69) is 49.8 Å². The van der Waals surface area contributed by atoms with E-state index in [-0.39, 0.29) is 0 Å². The van der Waals surface area contributed by atoms with E-state index in [0.717, 1.165) is 32.1 Å². The van der Waals surface area contributed by atoms with E-state index in [9.17, 15) is 0 Å². The number of imidazole rings is 1. The summed E-state index contributed by atoms with van der Waals surface area (Å²) in [5.74, 6) is 0.822. The second-order valence-electron chi connectivity index (χ2n) is 6.81. The summed E-state index contributed by atoms with van der Waals surface area (Å²) in [4.78, 5) is 10.9. The number of benzene rings is 1. The van der Waals surface area contributed by atoms with E-state index >= 15 is 0 Å². The van der Waals surface area contributed by atoms with Crippen molar-refractivity contribution < 1.29 is 0 Å². The minimum atomic E-state index is 0.773. The largest absolute Gasteiger partial charge is 0.355 e. The van der Waals surface area contributed by atoms with Gasteiger partial charge in [0, 0.05) is 45.6 Å². The number of nitrogens with zero attached hydrogens (tertiary/aromatic N) is 4. The van der Waals surface area contributed by atoms with Gasteiger partial charge in [0.05, 0.1) is 6.33 Å². The Hall–Kier alpha value is -2.34. The van der Waals surface area contributed by atoms with Crippen LogP contribution in [-0.4, -0.2) is 47.1 Å². The van der Waals surface area contributed by atoms with Crippen LogP contribution >= 0.6 is 0 Å². The minimum absolute atomic E-state index is 0.773. The molecule has 0 unspecified atom stereocenters. The smallest absolute Gasteiger partial charge is 0.191 e. The van der Waals surface area contributed by atoms with Crippen molar-refractivity contribution in [2.24, 2.45) is 4.99 Å². The lowest BCUT2D eigenvalue weighted by atomic mass is 10.1. The third-order valence-electron chi connectivity index (χ3n) is 4.78. The molecule has 1 aliphatic rings. The van der Waals surface area contributed by atoms with Gasteiger partial charge in [-0.15, -0.1) is 0 Å². The van der Waals surface area contributed by atoms with Gasteiger partial charge in [0.1, 0.15) is 0 Å². The Morgan fingerprint density at radius 1 is 1.08 bits per heavy atom. The van der Waals surface area contributed by atoms with E-state index in [0.29, 0.717) is 0 Å².